The molecule has 0 radical (unpaired) electrons. The van der Waals surface area contributed by atoms with Crippen LogP contribution in [0.2, 0.25) is 0 Å². The zero-order valence-electron chi connectivity index (χ0n) is 12.5. The average Bonchev–Trinajstić information content (AvgIpc) is 3.11. The maximum Gasteiger partial charge on any atom is 0.389 e. The fraction of sp³-hybridized carbons (Fsp3) is 0.643. The molecule has 1 amide bonds. The summed E-state index contributed by atoms with van der Waals surface area (Å²) >= 11 is 0. The minimum atomic E-state index is -0.987. The van der Waals surface area contributed by atoms with E-state index in [9.17, 15) is 24.8 Å². The molecule has 1 aliphatic carbocycles. The number of fused-ring (bicyclic) bond motifs is 1. The minimum Gasteiger partial charge on any atom is -0.480 e. The molecule has 1 aromatic heterocycles. The zero-order chi connectivity index (χ0) is 16.6. The first-order chi connectivity index (χ1) is 11.0. The second-order valence-electron chi connectivity index (χ2n) is 6.13. The van der Waals surface area contributed by atoms with Gasteiger partial charge in [0, 0.05) is 6.04 Å². The number of rotatable bonds is 4. The van der Waals surface area contributed by atoms with E-state index in [0.29, 0.717) is 6.42 Å². The first kappa shape index (κ1) is 15.4. The summed E-state index contributed by atoms with van der Waals surface area (Å²) in [6.07, 6.45) is 5.68. The van der Waals surface area contributed by atoms with Gasteiger partial charge in [0.05, 0.1) is 17.4 Å². The van der Waals surface area contributed by atoms with Gasteiger partial charge in [-0.2, -0.15) is 4.68 Å². The van der Waals surface area contributed by atoms with Crippen LogP contribution in [0.3, 0.4) is 0 Å². The number of nitro groups is 1. The smallest absolute Gasteiger partial charge is 0.389 e. The summed E-state index contributed by atoms with van der Waals surface area (Å²) in [6, 6.07) is 0.374. The van der Waals surface area contributed by atoms with Crippen LogP contribution in [0.5, 0.6) is 0 Å². The molecule has 23 heavy (non-hydrogen) atoms. The van der Waals surface area contributed by atoms with Crippen molar-refractivity contribution in [3.8, 4) is 0 Å². The van der Waals surface area contributed by atoms with Crippen molar-refractivity contribution in [3.63, 3.8) is 0 Å². The summed E-state index contributed by atoms with van der Waals surface area (Å²) in [5, 5.41) is 23.8. The normalized spacial score (nSPS) is 26.8. The van der Waals surface area contributed by atoms with Crippen molar-refractivity contribution in [2.75, 3.05) is 0 Å². The van der Waals surface area contributed by atoms with Crippen molar-refractivity contribution in [2.24, 2.45) is 5.92 Å². The average molecular weight is 322 g/mol. The van der Waals surface area contributed by atoms with E-state index in [1.54, 1.807) is 0 Å². The Hall–Kier alpha value is -2.45. The number of nitrogens with zero attached hydrogens (tertiary/aromatic N) is 4. The van der Waals surface area contributed by atoms with Crippen LogP contribution in [0.25, 0.3) is 0 Å². The van der Waals surface area contributed by atoms with E-state index >= 15 is 0 Å². The lowest BCUT2D eigenvalue weighted by Gasteiger charge is -2.32. The van der Waals surface area contributed by atoms with E-state index in [0.717, 1.165) is 25.7 Å². The third-order valence-corrected chi connectivity index (χ3v) is 4.77. The largest absolute Gasteiger partial charge is 0.480 e. The van der Waals surface area contributed by atoms with Crippen LogP contribution >= 0.6 is 0 Å². The van der Waals surface area contributed by atoms with Gasteiger partial charge < -0.3 is 20.1 Å². The molecule has 1 saturated carbocycles. The molecule has 1 N–H and O–H groups in total. The molecule has 3 rings (SSSR count). The fourth-order valence-corrected chi connectivity index (χ4v) is 3.80. The highest BCUT2D eigenvalue weighted by Gasteiger charge is 2.47. The number of amides is 1. The van der Waals surface area contributed by atoms with Gasteiger partial charge in [-0.1, -0.05) is 12.8 Å². The summed E-state index contributed by atoms with van der Waals surface area (Å²) in [7, 11) is 0. The second-order valence-corrected chi connectivity index (χ2v) is 6.13. The lowest BCUT2D eigenvalue weighted by Crippen LogP contribution is -2.47. The van der Waals surface area contributed by atoms with E-state index < -0.39 is 16.9 Å². The van der Waals surface area contributed by atoms with E-state index in [2.05, 4.69) is 5.10 Å². The molecular weight excluding hydrogens is 304 g/mol. The van der Waals surface area contributed by atoms with E-state index in [-0.39, 0.29) is 30.2 Å². The summed E-state index contributed by atoms with van der Waals surface area (Å²) in [5.74, 6) is -1.42. The Bertz CT molecular complexity index is 643. The molecule has 2 heterocycles. The van der Waals surface area contributed by atoms with Crippen LogP contribution < -0.4 is 0 Å². The van der Waals surface area contributed by atoms with Crippen LogP contribution in [-0.2, 0) is 16.1 Å². The number of carboxylic acids is 1. The summed E-state index contributed by atoms with van der Waals surface area (Å²) in [5.41, 5.74) is 0. The Morgan fingerprint density at radius 3 is 2.78 bits per heavy atom. The topological polar surface area (TPSA) is 119 Å². The van der Waals surface area contributed by atoms with E-state index in [4.69, 9.17) is 0 Å². The van der Waals surface area contributed by atoms with Crippen molar-refractivity contribution in [1.82, 2.24) is 14.7 Å². The van der Waals surface area contributed by atoms with Gasteiger partial charge in [-0.25, -0.2) is 4.79 Å². The van der Waals surface area contributed by atoms with Crippen molar-refractivity contribution in [1.29, 1.82) is 0 Å². The lowest BCUT2D eigenvalue weighted by molar-refractivity contribution is -0.389. The van der Waals surface area contributed by atoms with Gasteiger partial charge in [-0.05, 0) is 30.1 Å². The number of likely N-dealkylation sites (tertiary alicyclic amines) is 1. The number of carbonyl (C=O) groups excluding carboxylic acids is 1. The van der Waals surface area contributed by atoms with Gasteiger partial charge in [-0.3, -0.25) is 4.79 Å². The Kier molecular flexibility index (Phi) is 4.01. The molecule has 1 aliphatic heterocycles. The number of hydrogen-bond donors (Lipinski definition) is 1. The summed E-state index contributed by atoms with van der Waals surface area (Å²) in [4.78, 5) is 35.6. The van der Waals surface area contributed by atoms with Gasteiger partial charge in [-0.15, -0.1) is 0 Å². The van der Waals surface area contributed by atoms with Crippen LogP contribution in [0.4, 0.5) is 5.82 Å². The maximum absolute atomic E-state index is 12.6. The Morgan fingerprint density at radius 2 is 2.13 bits per heavy atom. The van der Waals surface area contributed by atoms with Crippen LogP contribution in [-0.4, -0.2) is 48.7 Å². The quantitative estimate of drug-likeness (QED) is 0.653. The number of carbonyl (C=O) groups is 2. The SMILES string of the molecule is O=C(O)C1CC2CCCCC2N1C(=O)Cn1ccc([N+](=O)[O-])n1. The van der Waals surface area contributed by atoms with E-state index in [1.165, 1.54) is 21.8 Å². The highest BCUT2D eigenvalue weighted by atomic mass is 16.6. The predicted molar refractivity (Wildman–Crippen MR) is 77.5 cm³/mol. The highest BCUT2D eigenvalue weighted by molar-refractivity contribution is 5.84. The molecule has 3 atom stereocenters. The molecule has 0 aromatic carbocycles. The molecule has 124 valence electrons. The van der Waals surface area contributed by atoms with Crippen molar-refractivity contribution in [2.45, 2.75) is 50.7 Å². The van der Waals surface area contributed by atoms with E-state index in [1.807, 2.05) is 0 Å². The number of aromatic nitrogens is 2. The third kappa shape index (κ3) is 2.90. The Labute approximate surface area is 132 Å². The first-order valence-corrected chi connectivity index (χ1v) is 7.69. The second kappa shape index (κ2) is 5.98. The standard InChI is InChI=1S/C14H18N4O5/c19-13(8-16-6-5-12(15-16)18(22)23)17-10-4-2-1-3-9(10)7-11(17)14(20)21/h5-6,9-11H,1-4,7-8H2,(H,20,21). The molecule has 1 saturated heterocycles. The van der Waals surface area contributed by atoms with Gasteiger partial charge in [0.25, 0.3) is 0 Å². The molecule has 2 fully saturated rings. The molecular formula is C14H18N4O5. The van der Waals surface area contributed by atoms with Crippen LogP contribution in [0.15, 0.2) is 12.3 Å². The van der Waals surface area contributed by atoms with Crippen LogP contribution in [0.1, 0.15) is 32.1 Å². The van der Waals surface area contributed by atoms with Crippen molar-refractivity contribution < 1.29 is 19.6 Å². The highest BCUT2D eigenvalue weighted by Crippen LogP contribution is 2.39. The molecule has 9 heteroatoms. The summed E-state index contributed by atoms with van der Waals surface area (Å²) in [6.45, 7) is -0.180. The van der Waals surface area contributed by atoms with Gasteiger partial charge in [0.1, 0.15) is 12.6 Å². The minimum absolute atomic E-state index is 0.0390. The first-order valence-electron chi connectivity index (χ1n) is 7.69. The fourth-order valence-electron chi connectivity index (χ4n) is 3.80. The third-order valence-electron chi connectivity index (χ3n) is 4.77. The van der Waals surface area contributed by atoms with Crippen LogP contribution in [0, 0.1) is 16.0 Å². The molecule has 1 aromatic rings. The lowest BCUT2D eigenvalue weighted by atomic mass is 9.85. The Morgan fingerprint density at radius 1 is 1.39 bits per heavy atom. The number of hydrogen-bond acceptors (Lipinski definition) is 5. The van der Waals surface area contributed by atoms with Gasteiger partial charge >= 0.3 is 11.8 Å². The maximum atomic E-state index is 12.6. The van der Waals surface area contributed by atoms with Gasteiger partial charge in [0.15, 0.2) is 0 Å². The monoisotopic (exact) mass is 322 g/mol. The van der Waals surface area contributed by atoms with Crippen molar-refractivity contribution in [3.05, 3.63) is 22.4 Å². The molecule has 0 bridgehead atoms. The van der Waals surface area contributed by atoms with Crippen molar-refractivity contribution >= 4 is 17.7 Å². The zero-order valence-corrected chi connectivity index (χ0v) is 12.5. The number of aliphatic carboxylic acids is 1. The molecule has 3 unspecified atom stereocenters. The molecule has 2 aliphatic rings. The Balaban J connectivity index is 1.77. The van der Waals surface area contributed by atoms with Gasteiger partial charge in [0.2, 0.25) is 5.91 Å². The summed E-state index contributed by atoms with van der Waals surface area (Å²) < 4.78 is 1.19. The molecule has 0 spiro atoms. The predicted octanol–water partition coefficient (Wildman–Crippen LogP) is 1.04. The number of carboxylic acid groups (broad SMARTS) is 1. The molecule has 9 nitrogen and oxygen atoms in total.